The normalized spacial score (nSPS) is 14.2. The predicted molar refractivity (Wildman–Crippen MR) is 198 cm³/mol. The maximum Gasteiger partial charge on any atom is 0.343 e. The molecule has 1 atom stereocenters. The third-order valence-electron chi connectivity index (χ3n) is 7.36. The number of ether oxygens (including phenoxy) is 5. The van der Waals surface area contributed by atoms with Crippen LogP contribution in [0.15, 0.2) is 78.5 Å². The van der Waals surface area contributed by atoms with E-state index < -0.39 is 18.0 Å². The highest BCUT2D eigenvalue weighted by atomic mass is 79.9. The molecule has 0 fully saturated rings. The molecule has 3 aromatic carbocycles. The topological polar surface area (TPSA) is 115 Å². The van der Waals surface area contributed by atoms with Gasteiger partial charge in [0.2, 0.25) is 0 Å². The molecular formula is C35H30Br2Cl2N2O8S. The molecule has 0 bridgehead atoms. The Morgan fingerprint density at radius 3 is 2.46 bits per heavy atom. The fraction of sp³-hybridized carbons (Fsp3) is 0.257. The number of benzene rings is 3. The van der Waals surface area contributed by atoms with Crippen molar-refractivity contribution in [3.05, 3.63) is 115 Å². The predicted octanol–water partition coefficient (Wildman–Crippen LogP) is 7.16. The van der Waals surface area contributed by atoms with Gasteiger partial charge in [0.1, 0.15) is 12.4 Å². The van der Waals surface area contributed by atoms with E-state index in [1.54, 1.807) is 57.2 Å². The molecule has 0 spiro atoms. The van der Waals surface area contributed by atoms with Crippen LogP contribution in [0.25, 0.3) is 6.08 Å². The number of hydrogen-bond donors (Lipinski definition) is 0. The van der Waals surface area contributed by atoms with E-state index in [0.717, 1.165) is 10.0 Å². The van der Waals surface area contributed by atoms with E-state index in [9.17, 15) is 14.4 Å². The molecule has 5 rings (SSSR count). The molecule has 0 saturated heterocycles. The van der Waals surface area contributed by atoms with Crippen LogP contribution in [0.5, 0.6) is 17.2 Å². The third-order valence-corrected chi connectivity index (χ3v) is 10.1. The molecule has 4 aromatic rings. The van der Waals surface area contributed by atoms with Gasteiger partial charge in [0.15, 0.2) is 22.9 Å². The average molecular weight is 869 g/mol. The number of halogens is 4. The minimum Gasteiger partial charge on any atom is -0.490 e. The summed E-state index contributed by atoms with van der Waals surface area (Å²) >= 11 is 20.6. The molecule has 2 heterocycles. The molecule has 0 aliphatic carbocycles. The highest BCUT2D eigenvalue weighted by molar-refractivity contribution is 9.11. The van der Waals surface area contributed by atoms with Gasteiger partial charge >= 0.3 is 11.9 Å². The first-order valence-corrected chi connectivity index (χ1v) is 18.3. The third kappa shape index (κ3) is 8.29. The summed E-state index contributed by atoms with van der Waals surface area (Å²) in [7, 11) is 1.26. The summed E-state index contributed by atoms with van der Waals surface area (Å²) in [5.41, 5.74) is 2.17. The van der Waals surface area contributed by atoms with Crippen LogP contribution in [0.3, 0.4) is 0 Å². The number of esters is 2. The lowest BCUT2D eigenvalue weighted by atomic mass is 9.95. The van der Waals surface area contributed by atoms with Crippen LogP contribution in [0.2, 0.25) is 10.0 Å². The van der Waals surface area contributed by atoms with Crippen LogP contribution >= 0.6 is 66.4 Å². The summed E-state index contributed by atoms with van der Waals surface area (Å²) in [6, 6.07) is 13.0. The molecule has 0 saturated carbocycles. The van der Waals surface area contributed by atoms with Gasteiger partial charge in [-0.2, -0.15) is 0 Å². The average Bonchev–Trinajstić information content (AvgIpc) is 3.38. The van der Waals surface area contributed by atoms with Crippen molar-refractivity contribution in [2.75, 3.05) is 26.9 Å². The van der Waals surface area contributed by atoms with Crippen molar-refractivity contribution < 1.29 is 33.3 Å². The van der Waals surface area contributed by atoms with Crippen molar-refractivity contribution in [2.24, 2.45) is 4.99 Å². The van der Waals surface area contributed by atoms with Crippen molar-refractivity contribution in [1.29, 1.82) is 0 Å². The monoisotopic (exact) mass is 866 g/mol. The van der Waals surface area contributed by atoms with Crippen molar-refractivity contribution in [3.63, 3.8) is 0 Å². The van der Waals surface area contributed by atoms with Crippen molar-refractivity contribution >= 4 is 84.4 Å². The number of fused-ring (bicyclic) bond motifs is 1. The van der Waals surface area contributed by atoms with Crippen LogP contribution in [-0.2, 0) is 25.7 Å². The van der Waals surface area contributed by atoms with Gasteiger partial charge in [0.05, 0.1) is 56.7 Å². The van der Waals surface area contributed by atoms with E-state index in [0.29, 0.717) is 57.9 Å². The first kappa shape index (κ1) is 37.6. The second kappa shape index (κ2) is 16.6. The van der Waals surface area contributed by atoms with Crippen LogP contribution < -0.4 is 29.1 Å². The molecule has 1 aliphatic heterocycles. The summed E-state index contributed by atoms with van der Waals surface area (Å²) in [4.78, 5) is 44.6. The zero-order valence-corrected chi connectivity index (χ0v) is 32.7. The van der Waals surface area contributed by atoms with Crippen molar-refractivity contribution in [2.45, 2.75) is 33.4 Å². The molecule has 1 aliphatic rings. The van der Waals surface area contributed by atoms with Gasteiger partial charge in [0.25, 0.3) is 5.56 Å². The lowest BCUT2D eigenvalue weighted by Crippen LogP contribution is -2.40. The number of carbonyl (C=O) groups is 2. The summed E-state index contributed by atoms with van der Waals surface area (Å²) in [5.74, 6) is -0.0656. The Hall–Kier alpha value is -3.62. The molecule has 0 unspecified atom stereocenters. The van der Waals surface area contributed by atoms with Crippen molar-refractivity contribution in [3.8, 4) is 17.2 Å². The van der Waals surface area contributed by atoms with E-state index in [1.807, 2.05) is 18.2 Å². The maximum atomic E-state index is 14.4. The standard InChI is InChI=1S/C35H30Br2Cl2N2O8S/c1-5-46-27-13-20(8-10-26(27)48-17-29(42)45-4)31-30(34(44)47-6-2)18(3)40-35-41(31)33(43)28(50-35)14-21-12-22(36)15-23(37)32(21)49-16-19-7-9-24(38)25(39)11-19/h7-15,31H,5-6,16-17H2,1-4H3/b28-14+/t31-/m1/s1. The first-order chi connectivity index (χ1) is 23.9. The fourth-order valence-corrected chi connectivity index (χ4v) is 7.88. The van der Waals surface area contributed by atoms with Gasteiger partial charge in [-0.3, -0.25) is 9.36 Å². The highest BCUT2D eigenvalue weighted by Crippen LogP contribution is 2.37. The molecule has 262 valence electrons. The van der Waals surface area contributed by atoms with Gasteiger partial charge in [0, 0.05) is 10.0 Å². The first-order valence-electron chi connectivity index (χ1n) is 15.2. The molecule has 1 aromatic heterocycles. The number of nitrogens with zero attached hydrogens (tertiary/aromatic N) is 2. The SMILES string of the molecule is CCOC(=O)C1=C(C)N=c2s/c(=C/c3cc(Br)cc(Br)c3OCc3ccc(Cl)c(Cl)c3)c(=O)n2[C@@H]1c1ccc(OCC(=O)OC)c(OCC)c1. The molecule has 15 heteroatoms. The van der Waals surface area contributed by atoms with E-state index in [1.165, 1.54) is 23.0 Å². The van der Waals surface area contributed by atoms with E-state index in [-0.39, 0.29) is 37.6 Å². The Morgan fingerprint density at radius 2 is 1.76 bits per heavy atom. The summed E-state index contributed by atoms with van der Waals surface area (Å²) in [5, 5.41) is 0.848. The maximum absolute atomic E-state index is 14.4. The summed E-state index contributed by atoms with van der Waals surface area (Å²) in [6.45, 7) is 5.48. The Kier molecular flexibility index (Phi) is 12.5. The summed E-state index contributed by atoms with van der Waals surface area (Å²) < 4.78 is 31.1. The number of rotatable bonds is 12. The molecule has 0 radical (unpaired) electrons. The van der Waals surface area contributed by atoms with Crippen LogP contribution in [0.1, 0.15) is 43.5 Å². The van der Waals surface area contributed by atoms with Crippen molar-refractivity contribution in [1.82, 2.24) is 4.57 Å². The second-order valence-electron chi connectivity index (χ2n) is 10.6. The quantitative estimate of drug-likeness (QED) is 0.138. The lowest BCUT2D eigenvalue weighted by Gasteiger charge is -2.25. The Balaban J connectivity index is 1.64. The highest BCUT2D eigenvalue weighted by Gasteiger charge is 2.34. The number of hydrogen-bond acceptors (Lipinski definition) is 10. The molecule has 0 amide bonds. The number of methoxy groups -OCH3 is 1. The molecule has 50 heavy (non-hydrogen) atoms. The number of aromatic nitrogens is 1. The van der Waals surface area contributed by atoms with Gasteiger partial charge in [-0.1, -0.05) is 62.6 Å². The number of carbonyl (C=O) groups excluding carboxylic acids is 2. The van der Waals surface area contributed by atoms with E-state index >= 15 is 0 Å². The zero-order valence-electron chi connectivity index (χ0n) is 27.2. The largest absolute Gasteiger partial charge is 0.490 e. The van der Waals surface area contributed by atoms with Gasteiger partial charge in [-0.05, 0) is 90.3 Å². The van der Waals surface area contributed by atoms with Crippen LogP contribution in [0, 0.1) is 0 Å². The van der Waals surface area contributed by atoms with Gasteiger partial charge in [-0.15, -0.1) is 0 Å². The van der Waals surface area contributed by atoms with Gasteiger partial charge < -0.3 is 23.7 Å². The Morgan fingerprint density at radius 1 is 0.980 bits per heavy atom. The fourth-order valence-electron chi connectivity index (χ4n) is 5.15. The minimum absolute atomic E-state index is 0.125. The summed E-state index contributed by atoms with van der Waals surface area (Å²) in [6.07, 6.45) is 1.72. The number of thiazole rings is 1. The Labute approximate surface area is 318 Å². The van der Waals surface area contributed by atoms with Crippen LogP contribution in [-0.4, -0.2) is 43.4 Å². The molecule has 10 nitrogen and oxygen atoms in total. The Bertz CT molecular complexity index is 2180. The number of allylic oxidation sites excluding steroid dienone is 1. The van der Waals surface area contributed by atoms with E-state index in [4.69, 9.17) is 46.9 Å². The zero-order chi connectivity index (χ0) is 36.1. The second-order valence-corrected chi connectivity index (χ2v) is 14.2. The molecule has 0 N–H and O–H groups in total. The van der Waals surface area contributed by atoms with Gasteiger partial charge in [-0.25, -0.2) is 14.6 Å². The smallest absolute Gasteiger partial charge is 0.343 e. The lowest BCUT2D eigenvalue weighted by molar-refractivity contribution is -0.143. The van der Waals surface area contributed by atoms with E-state index in [2.05, 4.69) is 36.9 Å². The minimum atomic E-state index is -0.916. The van der Waals surface area contributed by atoms with Crippen LogP contribution in [0.4, 0.5) is 0 Å². The molecular weight excluding hydrogens is 839 g/mol.